The molecule has 1 rings (SSSR count). The molecule has 2 N–H and O–H groups in total. The Morgan fingerprint density at radius 3 is 2.67 bits per heavy atom. The highest BCUT2D eigenvalue weighted by molar-refractivity contribution is 4.79. The van der Waals surface area contributed by atoms with Crippen LogP contribution in [0.2, 0.25) is 0 Å². The maximum absolute atomic E-state index is 5.77. The summed E-state index contributed by atoms with van der Waals surface area (Å²) in [5, 5.41) is 0. The molecule has 2 atom stereocenters. The van der Waals surface area contributed by atoms with E-state index in [1.165, 1.54) is 12.8 Å². The van der Waals surface area contributed by atoms with Crippen molar-refractivity contribution in [1.82, 2.24) is 0 Å². The molecule has 2 heteroatoms. The van der Waals surface area contributed by atoms with Gasteiger partial charge in [-0.2, -0.15) is 0 Å². The van der Waals surface area contributed by atoms with Gasteiger partial charge in [-0.3, -0.25) is 0 Å². The zero-order valence-electron chi connectivity index (χ0n) is 8.47. The first-order valence-corrected chi connectivity index (χ1v) is 4.87. The number of hydrogen-bond acceptors (Lipinski definition) is 2. The van der Waals surface area contributed by atoms with E-state index in [-0.39, 0.29) is 0 Å². The van der Waals surface area contributed by atoms with Crippen LogP contribution in [0.25, 0.3) is 0 Å². The first-order chi connectivity index (χ1) is 5.55. The van der Waals surface area contributed by atoms with Crippen LogP contribution in [0.5, 0.6) is 0 Å². The van der Waals surface area contributed by atoms with E-state index < -0.39 is 0 Å². The summed E-state index contributed by atoms with van der Waals surface area (Å²) in [6.45, 7) is 8.32. The van der Waals surface area contributed by atoms with Crippen LogP contribution < -0.4 is 5.73 Å². The minimum Gasteiger partial charge on any atom is -0.377 e. The molecule has 0 aromatic heterocycles. The van der Waals surface area contributed by atoms with Crippen molar-refractivity contribution in [2.75, 3.05) is 13.2 Å². The van der Waals surface area contributed by atoms with Crippen molar-refractivity contribution in [3.8, 4) is 0 Å². The van der Waals surface area contributed by atoms with Crippen molar-refractivity contribution in [3.05, 3.63) is 0 Å². The van der Waals surface area contributed by atoms with Gasteiger partial charge in [-0.15, -0.1) is 0 Å². The highest BCUT2D eigenvalue weighted by Crippen LogP contribution is 2.31. The van der Waals surface area contributed by atoms with Crippen molar-refractivity contribution in [2.45, 2.75) is 39.7 Å². The lowest BCUT2D eigenvalue weighted by Crippen LogP contribution is -2.37. The number of nitrogens with two attached hydrogens (primary N) is 1. The van der Waals surface area contributed by atoms with Gasteiger partial charge in [-0.1, -0.05) is 20.8 Å². The number of ether oxygens (including phenoxy) is 1. The summed E-state index contributed by atoms with van der Waals surface area (Å²) < 4.78 is 5.77. The van der Waals surface area contributed by atoms with Gasteiger partial charge in [0, 0.05) is 0 Å². The molecular formula is C10H21NO. The third-order valence-electron chi connectivity index (χ3n) is 2.80. The summed E-state index contributed by atoms with van der Waals surface area (Å²) in [4.78, 5) is 0. The quantitative estimate of drug-likeness (QED) is 0.687. The smallest absolute Gasteiger partial charge is 0.0613 e. The van der Waals surface area contributed by atoms with Gasteiger partial charge in [-0.25, -0.2) is 0 Å². The lowest BCUT2D eigenvalue weighted by atomic mass is 9.83. The molecule has 0 spiro atoms. The van der Waals surface area contributed by atoms with E-state index in [1.807, 2.05) is 0 Å². The van der Waals surface area contributed by atoms with Crippen molar-refractivity contribution in [2.24, 2.45) is 17.1 Å². The fourth-order valence-electron chi connectivity index (χ4n) is 1.62. The topological polar surface area (TPSA) is 35.2 Å². The van der Waals surface area contributed by atoms with Crippen LogP contribution in [0.4, 0.5) is 0 Å². The lowest BCUT2D eigenvalue weighted by molar-refractivity contribution is -0.0695. The molecule has 1 fully saturated rings. The van der Waals surface area contributed by atoms with Gasteiger partial charge in [-0.05, 0) is 30.7 Å². The van der Waals surface area contributed by atoms with Crippen LogP contribution in [-0.4, -0.2) is 19.3 Å². The molecule has 0 saturated carbocycles. The second-order valence-corrected chi connectivity index (χ2v) is 4.77. The van der Waals surface area contributed by atoms with E-state index in [0.717, 1.165) is 13.2 Å². The zero-order chi connectivity index (χ0) is 9.19. The van der Waals surface area contributed by atoms with Gasteiger partial charge >= 0.3 is 0 Å². The Balaban J connectivity index is 2.36. The van der Waals surface area contributed by atoms with Gasteiger partial charge in [0.2, 0.25) is 0 Å². The van der Waals surface area contributed by atoms with Gasteiger partial charge in [0.15, 0.2) is 0 Å². The highest BCUT2D eigenvalue weighted by atomic mass is 16.5. The Hall–Kier alpha value is -0.0800. The van der Waals surface area contributed by atoms with Crippen molar-refractivity contribution >= 4 is 0 Å². The molecule has 12 heavy (non-hydrogen) atoms. The maximum atomic E-state index is 5.77. The summed E-state index contributed by atoms with van der Waals surface area (Å²) in [6.07, 6.45) is 2.84. The summed E-state index contributed by atoms with van der Waals surface area (Å²) in [5.74, 6) is 0.515. The average molecular weight is 171 g/mol. The van der Waals surface area contributed by atoms with Crippen LogP contribution in [0.15, 0.2) is 0 Å². The van der Waals surface area contributed by atoms with Crippen LogP contribution in [0.1, 0.15) is 33.6 Å². The summed E-state index contributed by atoms with van der Waals surface area (Å²) in [6, 6.07) is 0. The SMILES string of the molecule is C[C@@H](CN)C1CCC(C)(C)CO1. The molecule has 1 unspecified atom stereocenters. The van der Waals surface area contributed by atoms with E-state index in [4.69, 9.17) is 10.5 Å². The second kappa shape index (κ2) is 3.75. The standard InChI is InChI=1S/C10H21NO/c1-8(6-11)9-4-5-10(2,3)7-12-9/h8-9H,4-7,11H2,1-3H3/t8-,9?/m0/s1. The minimum atomic E-state index is 0.380. The molecule has 0 radical (unpaired) electrons. The molecular weight excluding hydrogens is 150 g/mol. The number of hydrogen-bond donors (Lipinski definition) is 1. The second-order valence-electron chi connectivity index (χ2n) is 4.77. The Bertz CT molecular complexity index is 135. The van der Waals surface area contributed by atoms with Crippen molar-refractivity contribution in [1.29, 1.82) is 0 Å². The molecule has 1 aliphatic rings. The summed E-state index contributed by atoms with van der Waals surface area (Å²) in [5.41, 5.74) is 5.97. The first-order valence-electron chi connectivity index (χ1n) is 4.87. The summed E-state index contributed by atoms with van der Waals surface area (Å²) in [7, 11) is 0. The third-order valence-corrected chi connectivity index (χ3v) is 2.80. The monoisotopic (exact) mass is 171 g/mol. The molecule has 1 aliphatic heterocycles. The van der Waals surface area contributed by atoms with E-state index >= 15 is 0 Å². The van der Waals surface area contributed by atoms with Crippen molar-refractivity contribution < 1.29 is 4.74 Å². The van der Waals surface area contributed by atoms with Gasteiger partial charge in [0.05, 0.1) is 12.7 Å². The molecule has 0 bridgehead atoms. The maximum Gasteiger partial charge on any atom is 0.0613 e. The molecule has 1 heterocycles. The Morgan fingerprint density at radius 2 is 2.25 bits per heavy atom. The Kier molecular flexibility index (Phi) is 3.13. The highest BCUT2D eigenvalue weighted by Gasteiger charge is 2.29. The van der Waals surface area contributed by atoms with Crippen LogP contribution in [-0.2, 0) is 4.74 Å². The number of rotatable bonds is 2. The fourth-order valence-corrected chi connectivity index (χ4v) is 1.62. The molecule has 72 valence electrons. The largest absolute Gasteiger partial charge is 0.377 e. The van der Waals surface area contributed by atoms with Gasteiger partial charge in [0.25, 0.3) is 0 Å². The van der Waals surface area contributed by atoms with Gasteiger partial charge in [0.1, 0.15) is 0 Å². The van der Waals surface area contributed by atoms with E-state index in [0.29, 0.717) is 17.4 Å². The molecule has 0 aliphatic carbocycles. The van der Waals surface area contributed by atoms with Gasteiger partial charge < -0.3 is 10.5 Å². The average Bonchev–Trinajstić information content (AvgIpc) is 2.03. The Morgan fingerprint density at radius 1 is 1.58 bits per heavy atom. The predicted octanol–water partition coefficient (Wildman–Crippen LogP) is 1.79. The molecule has 1 saturated heterocycles. The van der Waals surface area contributed by atoms with E-state index in [9.17, 15) is 0 Å². The van der Waals surface area contributed by atoms with Crippen LogP contribution in [0, 0.1) is 11.3 Å². The Labute approximate surface area is 75.5 Å². The fraction of sp³-hybridized carbons (Fsp3) is 1.00. The summed E-state index contributed by atoms with van der Waals surface area (Å²) >= 11 is 0. The predicted molar refractivity (Wildman–Crippen MR) is 51.0 cm³/mol. The van der Waals surface area contributed by atoms with Crippen LogP contribution in [0.3, 0.4) is 0 Å². The van der Waals surface area contributed by atoms with E-state index in [2.05, 4.69) is 20.8 Å². The molecule has 2 nitrogen and oxygen atoms in total. The first kappa shape index (κ1) is 10.0. The minimum absolute atomic E-state index is 0.380. The molecule has 0 amide bonds. The third kappa shape index (κ3) is 2.46. The van der Waals surface area contributed by atoms with E-state index in [1.54, 1.807) is 0 Å². The zero-order valence-corrected chi connectivity index (χ0v) is 8.47. The van der Waals surface area contributed by atoms with Crippen LogP contribution >= 0.6 is 0 Å². The normalized spacial score (nSPS) is 31.5. The lowest BCUT2D eigenvalue weighted by Gasteiger charge is -2.36. The molecule has 0 aromatic carbocycles. The molecule has 0 aromatic rings. The van der Waals surface area contributed by atoms with Crippen molar-refractivity contribution in [3.63, 3.8) is 0 Å².